The van der Waals surface area contributed by atoms with E-state index in [4.69, 9.17) is 37.4 Å². The van der Waals surface area contributed by atoms with Crippen molar-refractivity contribution < 1.29 is 19.0 Å². The molecule has 0 aromatic heterocycles. The van der Waals surface area contributed by atoms with Gasteiger partial charge in [0.05, 0.1) is 5.88 Å². The first-order valence-electron chi connectivity index (χ1n) is 7.01. The van der Waals surface area contributed by atoms with E-state index in [0.29, 0.717) is 22.3 Å². The Morgan fingerprint density at radius 1 is 1.00 bits per heavy atom. The number of carbonyl (C=O) groups is 1. The van der Waals surface area contributed by atoms with Crippen LogP contribution in [-0.4, -0.2) is 24.6 Å². The minimum atomic E-state index is -0.707. The largest absolute Gasteiger partial charge is 0.479 e. The first-order chi connectivity index (χ1) is 11.1. The van der Waals surface area contributed by atoms with Crippen molar-refractivity contribution in [3.05, 3.63) is 53.6 Å². The molecule has 0 N–H and O–H groups in total. The van der Waals surface area contributed by atoms with Gasteiger partial charge in [-0.3, -0.25) is 0 Å². The van der Waals surface area contributed by atoms with Gasteiger partial charge in [0, 0.05) is 5.02 Å². The van der Waals surface area contributed by atoms with Gasteiger partial charge in [-0.25, -0.2) is 4.79 Å². The molecule has 2 rings (SSSR count). The van der Waals surface area contributed by atoms with E-state index in [2.05, 4.69) is 0 Å². The van der Waals surface area contributed by atoms with Gasteiger partial charge in [0.15, 0.2) is 6.10 Å². The molecule has 0 saturated carbocycles. The second-order valence-electron chi connectivity index (χ2n) is 4.64. The zero-order chi connectivity index (χ0) is 16.7. The third-order valence-electron chi connectivity index (χ3n) is 2.84. The van der Waals surface area contributed by atoms with Gasteiger partial charge in [0.1, 0.15) is 23.9 Å². The molecule has 6 heteroatoms. The number of hydrogen-bond acceptors (Lipinski definition) is 4. The predicted octanol–water partition coefficient (Wildman–Crippen LogP) is 4.68. The molecule has 1 atom stereocenters. The van der Waals surface area contributed by atoms with Crippen LogP contribution in [0.5, 0.6) is 17.2 Å². The highest BCUT2D eigenvalue weighted by atomic mass is 35.5. The Hall–Kier alpha value is -1.91. The van der Waals surface area contributed by atoms with Gasteiger partial charge in [-0.05, 0) is 55.5 Å². The van der Waals surface area contributed by atoms with E-state index < -0.39 is 12.1 Å². The Morgan fingerprint density at radius 2 is 1.52 bits per heavy atom. The fraction of sp³-hybridized carbons (Fsp3) is 0.235. The maximum absolute atomic E-state index is 11.6. The molecular weight excluding hydrogens is 339 g/mol. The molecule has 122 valence electrons. The SMILES string of the molecule is CC(Oc1ccc(Oc2ccc(Cl)cc2)cc1)C(=O)OCCCl. The van der Waals surface area contributed by atoms with Gasteiger partial charge < -0.3 is 14.2 Å². The summed E-state index contributed by atoms with van der Waals surface area (Å²) in [7, 11) is 0. The van der Waals surface area contributed by atoms with E-state index >= 15 is 0 Å². The smallest absolute Gasteiger partial charge is 0.347 e. The number of ether oxygens (including phenoxy) is 3. The van der Waals surface area contributed by atoms with E-state index in [1.54, 1.807) is 55.5 Å². The van der Waals surface area contributed by atoms with Crippen molar-refractivity contribution in [3.8, 4) is 17.2 Å². The molecule has 2 aromatic carbocycles. The quantitative estimate of drug-likeness (QED) is 0.534. The summed E-state index contributed by atoms with van der Waals surface area (Å²) in [5, 5.41) is 0.649. The molecule has 23 heavy (non-hydrogen) atoms. The van der Waals surface area contributed by atoms with Crippen molar-refractivity contribution in [2.24, 2.45) is 0 Å². The van der Waals surface area contributed by atoms with Crippen LogP contribution < -0.4 is 9.47 Å². The summed E-state index contributed by atoms with van der Waals surface area (Å²) in [5.41, 5.74) is 0. The van der Waals surface area contributed by atoms with Crippen molar-refractivity contribution in [1.82, 2.24) is 0 Å². The molecule has 4 nitrogen and oxygen atoms in total. The van der Waals surface area contributed by atoms with E-state index in [1.807, 2.05) is 0 Å². The lowest BCUT2D eigenvalue weighted by molar-refractivity contribution is -0.150. The van der Waals surface area contributed by atoms with Crippen molar-refractivity contribution in [3.63, 3.8) is 0 Å². The third-order valence-corrected chi connectivity index (χ3v) is 3.25. The van der Waals surface area contributed by atoms with Crippen LogP contribution in [0, 0.1) is 0 Å². The number of rotatable bonds is 7. The lowest BCUT2D eigenvalue weighted by atomic mass is 10.3. The topological polar surface area (TPSA) is 44.8 Å². The molecule has 0 aliphatic carbocycles. The lowest BCUT2D eigenvalue weighted by Crippen LogP contribution is -2.26. The minimum Gasteiger partial charge on any atom is -0.479 e. The predicted molar refractivity (Wildman–Crippen MR) is 89.7 cm³/mol. The molecule has 0 fully saturated rings. The summed E-state index contributed by atoms with van der Waals surface area (Å²) >= 11 is 11.3. The normalized spacial score (nSPS) is 11.6. The summed E-state index contributed by atoms with van der Waals surface area (Å²) in [5.74, 6) is 1.68. The molecule has 0 heterocycles. The van der Waals surface area contributed by atoms with E-state index in [-0.39, 0.29) is 12.5 Å². The number of alkyl halides is 1. The fourth-order valence-electron chi connectivity index (χ4n) is 1.73. The Balaban J connectivity index is 1.91. The average Bonchev–Trinajstić information content (AvgIpc) is 2.56. The Morgan fingerprint density at radius 3 is 2.09 bits per heavy atom. The molecule has 2 aromatic rings. The maximum atomic E-state index is 11.6. The van der Waals surface area contributed by atoms with Crippen LogP contribution in [0.2, 0.25) is 5.02 Å². The molecule has 0 radical (unpaired) electrons. The monoisotopic (exact) mass is 354 g/mol. The van der Waals surface area contributed by atoms with Crippen LogP contribution in [0.25, 0.3) is 0 Å². The number of benzene rings is 2. The maximum Gasteiger partial charge on any atom is 0.347 e. The molecule has 0 saturated heterocycles. The molecule has 0 aliphatic rings. The van der Waals surface area contributed by atoms with Crippen LogP contribution in [0.3, 0.4) is 0 Å². The first kappa shape index (κ1) is 17.4. The molecule has 1 unspecified atom stereocenters. The minimum absolute atomic E-state index is 0.169. The van der Waals surface area contributed by atoms with Crippen LogP contribution in [0.1, 0.15) is 6.92 Å². The lowest BCUT2D eigenvalue weighted by Gasteiger charge is -2.14. The first-order valence-corrected chi connectivity index (χ1v) is 7.92. The van der Waals surface area contributed by atoms with Gasteiger partial charge in [0.2, 0.25) is 0 Å². The summed E-state index contributed by atoms with van der Waals surface area (Å²) in [6, 6.07) is 14.0. The fourth-order valence-corrected chi connectivity index (χ4v) is 1.94. The summed E-state index contributed by atoms with van der Waals surface area (Å²) < 4.78 is 16.1. The van der Waals surface area contributed by atoms with Crippen LogP contribution in [-0.2, 0) is 9.53 Å². The highest BCUT2D eigenvalue weighted by Crippen LogP contribution is 2.25. The Kier molecular flexibility index (Phi) is 6.56. The van der Waals surface area contributed by atoms with Crippen LogP contribution in [0.15, 0.2) is 48.5 Å². The van der Waals surface area contributed by atoms with Gasteiger partial charge in [-0.1, -0.05) is 11.6 Å². The zero-order valence-electron chi connectivity index (χ0n) is 12.5. The summed E-state index contributed by atoms with van der Waals surface area (Å²) in [6.07, 6.45) is -0.707. The van der Waals surface area contributed by atoms with Crippen molar-refractivity contribution in [1.29, 1.82) is 0 Å². The van der Waals surface area contributed by atoms with Crippen molar-refractivity contribution in [2.45, 2.75) is 13.0 Å². The standard InChI is InChI=1S/C17H16Cl2O4/c1-12(17(20)21-11-10-18)22-14-6-8-16(9-7-14)23-15-4-2-13(19)3-5-15/h2-9,12H,10-11H2,1H3. The highest BCUT2D eigenvalue weighted by molar-refractivity contribution is 6.30. The van der Waals surface area contributed by atoms with E-state index in [9.17, 15) is 4.79 Å². The second-order valence-corrected chi connectivity index (χ2v) is 5.46. The van der Waals surface area contributed by atoms with Crippen LogP contribution in [0.4, 0.5) is 0 Å². The van der Waals surface area contributed by atoms with Crippen molar-refractivity contribution in [2.75, 3.05) is 12.5 Å². The molecule has 0 amide bonds. The number of carbonyl (C=O) groups excluding carboxylic acids is 1. The molecule has 0 spiro atoms. The van der Waals surface area contributed by atoms with Crippen LogP contribution >= 0.6 is 23.2 Å². The molecule has 0 bridgehead atoms. The zero-order valence-corrected chi connectivity index (χ0v) is 14.0. The third kappa shape index (κ3) is 5.66. The van der Waals surface area contributed by atoms with Gasteiger partial charge in [-0.2, -0.15) is 0 Å². The van der Waals surface area contributed by atoms with Crippen molar-refractivity contribution >= 4 is 29.2 Å². The summed E-state index contributed by atoms with van der Waals surface area (Å²) in [4.78, 5) is 11.6. The van der Waals surface area contributed by atoms with Gasteiger partial charge in [-0.15, -0.1) is 11.6 Å². The Bertz CT molecular complexity index is 626. The number of esters is 1. The summed E-state index contributed by atoms with van der Waals surface area (Å²) in [6.45, 7) is 1.79. The number of hydrogen-bond donors (Lipinski definition) is 0. The average molecular weight is 355 g/mol. The second kappa shape index (κ2) is 8.65. The van der Waals surface area contributed by atoms with Gasteiger partial charge >= 0.3 is 5.97 Å². The number of halogens is 2. The van der Waals surface area contributed by atoms with Gasteiger partial charge in [0.25, 0.3) is 0 Å². The molecular formula is C17H16Cl2O4. The molecule has 0 aliphatic heterocycles. The highest BCUT2D eigenvalue weighted by Gasteiger charge is 2.16. The van der Waals surface area contributed by atoms with E-state index in [0.717, 1.165) is 0 Å². The Labute approximate surface area is 144 Å². The van der Waals surface area contributed by atoms with E-state index in [1.165, 1.54) is 0 Å².